The number of benzene rings is 1. The van der Waals surface area contributed by atoms with Gasteiger partial charge in [-0.2, -0.15) is 4.98 Å². The van der Waals surface area contributed by atoms with Gasteiger partial charge >= 0.3 is 5.69 Å². The minimum atomic E-state index is -0.733. The third-order valence-electron chi connectivity index (χ3n) is 4.54. The molecular weight excluding hydrogens is 394 g/mol. The molecule has 0 unspecified atom stereocenters. The van der Waals surface area contributed by atoms with Crippen molar-refractivity contribution in [2.75, 3.05) is 5.32 Å². The van der Waals surface area contributed by atoms with Crippen molar-refractivity contribution >= 4 is 5.82 Å². The SMILES string of the molecule is CC1(C)Cn2c(cc(OCc3ccc(Oc4ccnc(CF)c4)c(F)c3)nc2=O)N1. The maximum Gasteiger partial charge on any atom is 0.352 e. The Bertz CT molecular complexity index is 1150. The number of rotatable bonds is 6. The van der Waals surface area contributed by atoms with Crippen molar-refractivity contribution in [2.45, 2.75) is 39.2 Å². The minimum absolute atomic E-state index is 0.00455. The zero-order valence-electron chi connectivity index (χ0n) is 16.5. The van der Waals surface area contributed by atoms with Gasteiger partial charge in [-0.05, 0) is 37.6 Å². The minimum Gasteiger partial charge on any atom is -0.473 e. The summed E-state index contributed by atoms with van der Waals surface area (Å²) in [4.78, 5) is 19.9. The quantitative estimate of drug-likeness (QED) is 0.661. The van der Waals surface area contributed by atoms with Crippen molar-refractivity contribution in [3.63, 3.8) is 0 Å². The Morgan fingerprint density at radius 3 is 2.83 bits per heavy atom. The number of alkyl halides is 1. The molecule has 1 N–H and O–H groups in total. The zero-order chi connectivity index (χ0) is 21.3. The third-order valence-corrected chi connectivity index (χ3v) is 4.54. The molecule has 3 heterocycles. The van der Waals surface area contributed by atoms with Gasteiger partial charge in [0.25, 0.3) is 0 Å². The number of nitrogens with zero attached hydrogens (tertiary/aromatic N) is 3. The van der Waals surface area contributed by atoms with Crippen molar-refractivity contribution in [2.24, 2.45) is 0 Å². The van der Waals surface area contributed by atoms with Crippen molar-refractivity contribution in [3.05, 3.63) is 70.2 Å². The monoisotopic (exact) mass is 414 g/mol. The Balaban J connectivity index is 1.45. The van der Waals surface area contributed by atoms with Crippen LogP contribution in [0.25, 0.3) is 0 Å². The standard InChI is InChI=1S/C21H20F2N4O3/c1-21(2)12-27-18(26-21)9-19(25-20(27)28)29-11-13-3-4-17(16(23)7-13)30-15-5-6-24-14(8-15)10-22/h3-9,26H,10-12H2,1-2H3. The highest BCUT2D eigenvalue weighted by atomic mass is 19.1. The second-order valence-corrected chi connectivity index (χ2v) is 7.63. The van der Waals surface area contributed by atoms with Crippen LogP contribution in [-0.4, -0.2) is 20.1 Å². The molecule has 1 aromatic carbocycles. The Morgan fingerprint density at radius 2 is 2.07 bits per heavy atom. The zero-order valence-corrected chi connectivity index (χ0v) is 16.5. The van der Waals surface area contributed by atoms with Gasteiger partial charge in [0.15, 0.2) is 11.6 Å². The average molecular weight is 414 g/mol. The summed E-state index contributed by atoms with van der Waals surface area (Å²) in [5, 5.41) is 3.24. The Labute approximate surface area is 171 Å². The fourth-order valence-corrected chi connectivity index (χ4v) is 3.19. The van der Waals surface area contributed by atoms with E-state index in [2.05, 4.69) is 15.3 Å². The first-order valence-electron chi connectivity index (χ1n) is 9.33. The van der Waals surface area contributed by atoms with Crippen molar-refractivity contribution < 1.29 is 18.3 Å². The lowest BCUT2D eigenvalue weighted by atomic mass is 10.1. The number of pyridine rings is 1. The van der Waals surface area contributed by atoms with Crippen LogP contribution < -0.4 is 20.5 Å². The number of hydrogen-bond donors (Lipinski definition) is 1. The topological polar surface area (TPSA) is 78.3 Å². The smallest absolute Gasteiger partial charge is 0.352 e. The van der Waals surface area contributed by atoms with Gasteiger partial charge in [-0.1, -0.05) is 6.07 Å². The summed E-state index contributed by atoms with van der Waals surface area (Å²) in [7, 11) is 0. The van der Waals surface area contributed by atoms with E-state index < -0.39 is 18.2 Å². The predicted molar refractivity (Wildman–Crippen MR) is 106 cm³/mol. The van der Waals surface area contributed by atoms with E-state index in [1.165, 1.54) is 30.5 Å². The predicted octanol–water partition coefficient (Wildman–Crippen LogP) is 3.82. The van der Waals surface area contributed by atoms with Gasteiger partial charge in [0.1, 0.15) is 24.8 Å². The average Bonchev–Trinajstić information content (AvgIpc) is 3.03. The highest BCUT2D eigenvalue weighted by molar-refractivity contribution is 5.45. The molecule has 0 spiro atoms. The summed E-state index contributed by atoms with van der Waals surface area (Å²) in [6, 6.07) is 8.94. The first-order valence-corrected chi connectivity index (χ1v) is 9.33. The fourth-order valence-electron chi connectivity index (χ4n) is 3.19. The molecular formula is C21H20F2N4O3. The molecule has 2 aromatic heterocycles. The number of aromatic nitrogens is 3. The van der Waals surface area contributed by atoms with Gasteiger partial charge in [0.2, 0.25) is 5.88 Å². The van der Waals surface area contributed by atoms with Crippen LogP contribution in [0.5, 0.6) is 17.4 Å². The van der Waals surface area contributed by atoms with Crippen LogP contribution in [0.1, 0.15) is 25.1 Å². The fraction of sp³-hybridized carbons (Fsp3) is 0.286. The van der Waals surface area contributed by atoms with E-state index in [0.717, 1.165) is 0 Å². The van der Waals surface area contributed by atoms with Gasteiger partial charge in [0, 0.05) is 18.3 Å². The maximum absolute atomic E-state index is 14.4. The molecule has 7 nitrogen and oxygen atoms in total. The number of fused-ring (bicyclic) bond motifs is 1. The van der Waals surface area contributed by atoms with Crippen LogP contribution in [0.4, 0.5) is 14.6 Å². The molecule has 0 amide bonds. The molecule has 0 saturated heterocycles. The maximum atomic E-state index is 14.4. The number of ether oxygens (including phenoxy) is 2. The van der Waals surface area contributed by atoms with E-state index in [-0.39, 0.29) is 29.5 Å². The molecule has 9 heteroatoms. The first kappa shape index (κ1) is 19.8. The van der Waals surface area contributed by atoms with Crippen LogP contribution in [0, 0.1) is 5.82 Å². The molecule has 0 radical (unpaired) electrons. The summed E-state index contributed by atoms with van der Waals surface area (Å²) < 4.78 is 39.7. The summed E-state index contributed by atoms with van der Waals surface area (Å²) in [5.41, 5.74) is 0.0920. The normalized spacial score (nSPS) is 14.1. The number of hydrogen-bond acceptors (Lipinski definition) is 6. The van der Waals surface area contributed by atoms with Crippen LogP contribution in [0.2, 0.25) is 0 Å². The van der Waals surface area contributed by atoms with Crippen LogP contribution in [0.15, 0.2) is 47.4 Å². The van der Waals surface area contributed by atoms with Gasteiger partial charge in [-0.15, -0.1) is 0 Å². The summed E-state index contributed by atoms with van der Waals surface area (Å²) in [5.74, 6) is 0.483. The highest BCUT2D eigenvalue weighted by Crippen LogP contribution is 2.27. The van der Waals surface area contributed by atoms with Crippen LogP contribution in [0.3, 0.4) is 0 Å². The molecule has 30 heavy (non-hydrogen) atoms. The second kappa shape index (κ2) is 7.74. The van der Waals surface area contributed by atoms with Gasteiger partial charge in [0.05, 0.1) is 17.8 Å². The van der Waals surface area contributed by atoms with E-state index in [1.807, 2.05) is 13.8 Å². The lowest BCUT2D eigenvalue weighted by Crippen LogP contribution is -2.30. The van der Waals surface area contributed by atoms with Gasteiger partial charge < -0.3 is 14.8 Å². The van der Waals surface area contributed by atoms with E-state index in [4.69, 9.17) is 9.47 Å². The largest absolute Gasteiger partial charge is 0.473 e. The summed E-state index contributed by atoms with van der Waals surface area (Å²) >= 11 is 0. The van der Waals surface area contributed by atoms with Crippen LogP contribution >= 0.6 is 0 Å². The lowest BCUT2D eigenvalue weighted by Gasteiger charge is -2.16. The summed E-state index contributed by atoms with van der Waals surface area (Å²) in [6.07, 6.45) is 1.40. The molecule has 0 saturated carbocycles. The van der Waals surface area contributed by atoms with E-state index >= 15 is 0 Å². The molecule has 0 aliphatic carbocycles. The molecule has 1 aliphatic heterocycles. The molecule has 156 valence electrons. The molecule has 1 aliphatic rings. The van der Waals surface area contributed by atoms with Crippen LogP contribution in [-0.2, 0) is 19.8 Å². The molecule has 0 atom stereocenters. The van der Waals surface area contributed by atoms with E-state index in [1.54, 1.807) is 16.7 Å². The molecule has 0 fully saturated rings. The Hall–Kier alpha value is -3.49. The number of halogens is 2. The summed E-state index contributed by atoms with van der Waals surface area (Å²) in [6.45, 7) is 3.78. The van der Waals surface area contributed by atoms with Gasteiger partial charge in [-0.25, -0.2) is 13.6 Å². The Kier molecular flexibility index (Phi) is 5.11. The van der Waals surface area contributed by atoms with Crippen molar-refractivity contribution in [1.29, 1.82) is 0 Å². The number of nitrogens with one attached hydrogen (secondary N) is 1. The molecule has 4 rings (SSSR count). The molecule has 3 aromatic rings. The van der Waals surface area contributed by atoms with E-state index in [0.29, 0.717) is 23.7 Å². The highest BCUT2D eigenvalue weighted by Gasteiger charge is 2.29. The van der Waals surface area contributed by atoms with Gasteiger partial charge in [-0.3, -0.25) is 9.55 Å². The Morgan fingerprint density at radius 1 is 1.23 bits per heavy atom. The van der Waals surface area contributed by atoms with Crippen molar-refractivity contribution in [3.8, 4) is 17.4 Å². The van der Waals surface area contributed by atoms with Crippen molar-refractivity contribution in [1.82, 2.24) is 14.5 Å². The number of anilines is 1. The second-order valence-electron chi connectivity index (χ2n) is 7.63. The third kappa shape index (κ3) is 4.24. The lowest BCUT2D eigenvalue weighted by molar-refractivity contribution is 0.290. The molecule has 0 bridgehead atoms. The van der Waals surface area contributed by atoms with E-state index in [9.17, 15) is 13.6 Å². The first-order chi connectivity index (χ1) is 14.3.